The standard InChI is InChI=1S/C16H24FN/c1-13(18-11-5-4-6-12-18)14-7-9-15(10-8-14)16(2,3)17/h7-10,13H,4-6,11-12H2,1-3H3. The summed E-state index contributed by atoms with van der Waals surface area (Å²) in [5, 5.41) is 0. The fraction of sp³-hybridized carbons (Fsp3) is 0.625. The monoisotopic (exact) mass is 249 g/mol. The van der Waals surface area contributed by atoms with Gasteiger partial charge >= 0.3 is 0 Å². The Kier molecular flexibility index (Phi) is 4.06. The Labute approximate surface area is 110 Å². The Morgan fingerprint density at radius 1 is 1.06 bits per heavy atom. The lowest BCUT2D eigenvalue weighted by Gasteiger charge is -2.32. The maximum absolute atomic E-state index is 13.8. The van der Waals surface area contributed by atoms with Crippen molar-refractivity contribution in [2.75, 3.05) is 13.1 Å². The van der Waals surface area contributed by atoms with Crippen LogP contribution in [0.5, 0.6) is 0 Å². The van der Waals surface area contributed by atoms with E-state index in [-0.39, 0.29) is 0 Å². The van der Waals surface area contributed by atoms with Crippen LogP contribution in [0.1, 0.15) is 57.2 Å². The Morgan fingerprint density at radius 3 is 2.11 bits per heavy atom. The van der Waals surface area contributed by atoms with Crippen LogP contribution >= 0.6 is 0 Å². The number of rotatable bonds is 3. The van der Waals surface area contributed by atoms with E-state index in [0.29, 0.717) is 6.04 Å². The van der Waals surface area contributed by atoms with Gasteiger partial charge < -0.3 is 0 Å². The van der Waals surface area contributed by atoms with Crippen LogP contribution in [0.2, 0.25) is 0 Å². The molecule has 0 aromatic heterocycles. The molecule has 1 nitrogen and oxygen atoms in total. The molecule has 0 bridgehead atoms. The van der Waals surface area contributed by atoms with Gasteiger partial charge in [0.1, 0.15) is 5.67 Å². The van der Waals surface area contributed by atoms with Crippen molar-refractivity contribution >= 4 is 0 Å². The average molecular weight is 249 g/mol. The number of piperidine rings is 1. The molecule has 2 heteroatoms. The molecule has 1 aliphatic rings. The van der Waals surface area contributed by atoms with Gasteiger partial charge in [0, 0.05) is 6.04 Å². The van der Waals surface area contributed by atoms with E-state index in [1.807, 2.05) is 12.1 Å². The lowest BCUT2D eigenvalue weighted by atomic mass is 9.96. The van der Waals surface area contributed by atoms with E-state index in [1.165, 1.54) is 37.9 Å². The maximum atomic E-state index is 13.8. The molecule has 100 valence electrons. The summed E-state index contributed by atoms with van der Waals surface area (Å²) in [6.07, 6.45) is 3.97. The van der Waals surface area contributed by atoms with E-state index in [1.54, 1.807) is 13.8 Å². The molecular weight excluding hydrogens is 225 g/mol. The Morgan fingerprint density at radius 2 is 1.61 bits per heavy atom. The molecule has 2 rings (SSSR count). The van der Waals surface area contributed by atoms with Gasteiger partial charge in [-0.15, -0.1) is 0 Å². The van der Waals surface area contributed by atoms with Crippen LogP contribution in [-0.4, -0.2) is 18.0 Å². The Balaban J connectivity index is 2.09. The first-order valence-corrected chi connectivity index (χ1v) is 7.02. The second kappa shape index (κ2) is 5.40. The van der Waals surface area contributed by atoms with Crippen LogP contribution in [0.25, 0.3) is 0 Å². The van der Waals surface area contributed by atoms with E-state index in [2.05, 4.69) is 24.0 Å². The molecule has 0 N–H and O–H groups in total. The van der Waals surface area contributed by atoms with Crippen molar-refractivity contribution in [3.05, 3.63) is 35.4 Å². The first-order valence-electron chi connectivity index (χ1n) is 7.02. The predicted molar refractivity (Wildman–Crippen MR) is 74.4 cm³/mol. The van der Waals surface area contributed by atoms with Gasteiger partial charge in [-0.25, -0.2) is 4.39 Å². The molecule has 1 aromatic carbocycles. The Hall–Kier alpha value is -0.890. The van der Waals surface area contributed by atoms with E-state index >= 15 is 0 Å². The maximum Gasteiger partial charge on any atom is 0.130 e. The third-order valence-corrected chi connectivity index (χ3v) is 4.02. The van der Waals surface area contributed by atoms with Crippen LogP contribution in [0.4, 0.5) is 4.39 Å². The molecular formula is C16H24FN. The van der Waals surface area contributed by atoms with Crippen LogP contribution < -0.4 is 0 Å². The third-order valence-electron chi connectivity index (χ3n) is 4.02. The minimum absolute atomic E-state index is 0.446. The van der Waals surface area contributed by atoms with Gasteiger partial charge in [-0.2, -0.15) is 0 Å². The van der Waals surface area contributed by atoms with Gasteiger partial charge in [-0.3, -0.25) is 4.90 Å². The number of hydrogen-bond donors (Lipinski definition) is 0. The highest BCUT2D eigenvalue weighted by atomic mass is 19.1. The molecule has 0 saturated carbocycles. The van der Waals surface area contributed by atoms with Gasteiger partial charge in [0.25, 0.3) is 0 Å². The van der Waals surface area contributed by atoms with Gasteiger partial charge in [0.2, 0.25) is 0 Å². The molecule has 1 heterocycles. The van der Waals surface area contributed by atoms with Crippen LogP contribution in [0.3, 0.4) is 0 Å². The zero-order valence-corrected chi connectivity index (χ0v) is 11.7. The molecule has 1 unspecified atom stereocenters. The molecule has 18 heavy (non-hydrogen) atoms. The van der Waals surface area contributed by atoms with Crippen molar-refractivity contribution in [3.63, 3.8) is 0 Å². The van der Waals surface area contributed by atoms with Crippen molar-refractivity contribution in [2.24, 2.45) is 0 Å². The average Bonchev–Trinajstić information content (AvgIpc) is 2.38. The summed E-state index contributed by atoms with van der Waals surface area (Å²) in [5.74, 6) is 0. The molecule has 1 fully saturated rings. The SMILES string of the molecule is CC(c1ccc(C(C)(C)F)cc1)N1CCCCC1. The van der Waals surface area contributed by atoms with Gasteiger partial charge in [-0.05, 0) is 57.8 Å². The normalized spacial score (nSPS) is 19.8. The first-order chi connectivity index (χ1) is 8.48. The quantitative estimate of drug-likeness (QED) is 0.765. The number of nitrogens with zero attached hydrogens (tertiary/aromatic N) is 1. The fourth-order valence-corrected chi connectivity index (χ4v) is 2.67. The lowest BCUT2D eigenvalue weighted by Crippen LogP contribution is -2.32. The van der Waals surface area contributed by atoms with Crippen molar-refractivity contribution in [2.45, 2.75) is 51.7 Å². The van der Waals surface area contributed by atoms with Crippen LogP contribution in [-0.2, 0) is 5.67 Å². The molecule has 0 radical (unpaired) electrons. The van der Waals surface area contributed by atoms with Crippen LogP contribution in [0, 0.1) is 0 Å². The fourth-order valence-electron chi connectivity index (χ4n) is 2.67. The van der Waals surface area contributed by atoms with Gasteiger partial charge in [0.05, 0.1) is 0 Å². The van der Waals surface area contributed by atoms with Crippen molar-refractivity contribution < 1.29 is 4.39 Å². The highest BCUT2D eigenvalue weighted by molar-refractivity contribution is 5.28. The summed E-state index contributed by atoms with van der Waals surface area (Å²) >= 11 is 0. The molecule has 1 atom stereocenters. The van der Waals surface area contributed by atoms with E-state index < -0.39 is 5.67 Å². The number of likely N-dealkylation sites (tertiary alicyclic amines) is 1. The summed E-state index contributed by atoms with van der Waals surface area (Å²) in [4.78, 5) is 2.53. The van der Waals surface area contributed by atoms with E-state index in [9.17, 15) is 4.39 Å². The molecule has 1 aromatic rings. The summed E-state index contributed by atoms with van der Waals surface area (Å²) in [6.45, 7) is 7.85. The van der Waals surface area contributed by atoms with Gasteiger partial charge in [-0.1, -0.05) is 30.7 Å². The zero-order valence-electron chi connectivity index (χ0n) is 11.7. The summed E-state index contributed by atoms with van der Waals surface area (Å²) < 4.78 is 13.8. The highest BCUT2D eigenvalue weighted by Crippen LogP contribution is 2.28. The van der Waals surface area contributed by atoms with Crippen molar-refractivity contribution in [3.8, 4) is 0 Å². The lowest BCUT2D eigenvalue weighted by molar-refractivity contribution is 0.174. The van der Waals surface area contributed by atoms with Gasteiger partial charge in [0.15, 0.2) is 0 Å². The minimum atomic E-state index is -1.24. The molecule has 0 spiro atoms. The van der Waals surface area contributed by atoms with E-state index in [0.717, 1.165) is 5.56 Å². The Bertz CT molecular complexity index is 371. The van der Waals surface area contributed by atoms with Crippen molar-refractivity contribution in [1.82, 2.24) is 4.90 Å². The third kappa shape index (κ3) is 3.11. The smallest absolute Gasteiger partial charge is 0.130 e. The summed E-state index contributed by atoms with van der Waals surface area (Å²) in [7, 11) is 0. The second-order valence-corrected chi connectivity index (χ2v) is 5.87. The largest absolute Gasteiger partial charge is 0.297 e. The number of alkyl halides is 1. The number of hydrogen-bond acceptors (Lipinski definition) is 1. The topological polar surface area (TPSA) is 3.24 Å². The minimum Gasteiger partial charge on any atom is -0.297 e. The van der Waals surface area contributed by atoms with Crippen molar-refractivity contribution in [1.29, 1.82) is 0 Å². The summed E-state index contributed by atoms with van der Waals surface area (Å²) in [5.41, 5.74) is 0.814. The first kappa shape index (κ1) is 13.5. The molecule has 1 aliphatic heterocycles. The number of benzene rings is 1. The second-order valence-electron chi connectivity index (χ2n) is 5.87. The van der Waals surface area contributed by atoms with E-state index in [4.69, 9.17) is 0 Å². The summed E-state index contributed by atoms with van der Waals surface area (Å²) in [6, 6.07) is 8.46. The predicted octanol–water partition coefficient (Wildman–Crippen LogP) is 4.44. The zero-order chi connectivity index (χ0) is 13.2. The molecule has 0 aliphatic carbocycles. The molecule has 0 amide bonds. The van der Waals surface area contributed by atoms with Crippen LogP contribution in [0.15, 0.2) is 24.3 Å². The highest BCUT2D eigenvalue weighted by Gasteiger charge is 2.21. The number of halogens is 1. The molecule has 1 saturated heterocycles.